The number of rotatable bonds is 6. The van der Waals surface area contributed by atoms with E-state index in [4.69, 9.17) is 4.74 Å². The Morgan fingerprint density at radius 2 is 1.88 bits per heavy atom. The molecule has 8 nitrogen and oxygen atoms in total. The number of hydrogen-bond donors (Lipinski definition) is 1. The SMILES string of the molecule is O=C(Nc1cccc(CN2CCCC2=O)c1)c1ccc(F)c(S(=O)(=O)N2CCOCC2)c1. The lowest BCUT2D eigenvalue weighted by Gasteiger charge is -2.26. The van der Waals surface area contributed by atoms with Crippen LogP contribution >= 0.6 is 0 Å². The third kappa shape index (κ3) is 4.82. The summed E-state index contributed by atoms with van der Waals surface area (Å²) in [5.74, 6) is -1.36. The van der Waals surface area contributed by atoms with Crippen molar-refractivity contribution >= 4 is 27.5 Å². The lowest BCUT2D eigenvalue weighted by atomic mass is 10.1. The molecule has 4 rings (SSSR count). The summed E-state index contributed by atoms with van der Waals surface area (Å²) in [6.07, 6.45) is 1.40. The normalized spacial score (nSPS) is 17.5. The van der Waals surface area contributed by atoms with Crippen molar-refractivity contribution in [1.29, 1.82) is 0 Å². The number of carbonyl (C=O) groups is 2. The quantitative estimate of drug-likeness (QED) is 0.712. The summed E-state index contributed by atoms with van der Waals surface area (Å²) in [4.78, 5) is 25.8. The minimum Gasteiger partial charge on any atom is -0.379 e. The largest absolute Gasteiger partial charge is 0.379 e. The second-order valence-corrected chi connectivity index (χ2v) is 9.64. The lowest BCUT2D eigenvalue weighted by molar-refractivity contribution is -0.128. The summed E-state index contributed by atoms with van der Waals surface area (Å²) >= 11 is 0. The highest BCUT2D eigenvalue weighted by molar-refractivity contribution is 7.89. The smallest absolute Gasteiger partial charge is 0.255 e. The van der Waals surface area contributed by atoms with E-state index in [9.17, 15) is 22.4 Å². The van der Waals surface area contributed by atoms with Crippen LogP contribution in [0.15, 0.2) is 47.4 Å². The van der Waals surface area contributed by atoms with Gasteiger partial charge in [-0.3, -0.25) is 9.59 Å². The first-order valence-electron chi connectivity index (χ1n) is 10.4. The Labute approximate surface area is 186 Å². The van der Waals surface area contributed by atoms with Crippen molar-refractivity contribution < 1.29 is 27.1 Å². The van der Waals surface area contributed by atoms with Gasteiger partial charge < -0.3 is 15.0 Å². The van der Waals surface area contributed by atoms with Gasteiger partial charge in [0.05, 0.1) is 13.2 Å². The average molecular weight is 462 g/mol. The topological polar surface area (TPSA) is 96.0 Å². The van der Waals surface area contributed by atoms with E-state index in [0.717, 1.165) is 28.4 Å². The van der Waals surface area contributed by atoms with E-state index < -0.39 is 26.6 Å². The van der Waals surface area contributed by atoms with Crippen LogP contribution in [-0.4, -0.2) is 62.3 Å². The van der Waals surface area contributed by atoms with E-state index in [1.807, 2.05) is 6.07 Å². The summed E-state index contributed by atoms with van der Waals surface area (Å²) in [6, 6.07) is 10.4. The van der Waals surface area contributed by atoms with Crippen molar-refractivity contribution in [2.45, 2.75) is 24.3 Å². The number of amides is 2. The zero-order valence-corrected chi connectivity index (χ0v) is 18.2. The van der Waals surface area contributed by atoms with Crippen LogP contribution in [0.25, 0.3) is 0 Å². The molecule has 0 radical (unpaired) electrons. The molecule has 0 atom stereocenters. The molecule has 32 heavy (non-hydrogen) atoms. The van der Waals surface area contributed by atoms with E-state index in [0.29, 0.717) is 25.2 Å². The van der Waals surface area contributed by atoms with Gasteiger partial charge >= 0.3 is 0 Å². The summed E-state index contributed by atoms with van der Waals surface area (Å²) in [7, 11) is -4.09. The van der Waals surface area contributed by atoms with Crippen LogP contribution in [0, 0.1) is 5.82 Å². The van der Waals surface area contributed by atoms with E-state index >= 15 is 0 Å². The zero-order chi connectivity index (χ0) is 22.7. The Morgan fingerprint density at radius 1 is 1.09 bits per heavy atom. The molecule has 1 N–H and O–H groups in total. The van der Waals surface area contributed by atoms with Crippen LogP contribution in [0.3, 0.4) is 0 Å². The molecule has 0 spiro atoms. The van der Waals surface area contributed by atoms with Gasteiger partial charge in [-0.2, -0.15) is 4.31 Å². The van der Waals surface area contributed by atoms with Gasteiger partial charge in [-0.15, -0.1) is 0 Å². The van der Waals surface area contributed by atoms with Gasteiger partial charge in [-0.1, -0.05) is 12.1 Å². The minimum absolute atomic E-state index is 0.0263. The number of benzene rings is 2. The number of anilines is 1. The van der Waals surface area contributed by atoms with Gasteiger partial charge in [0.15, 0.2) is 0 Å². The van der Waals surface area contributed by atoms with Gasteiger partial charge in [0.25, 0.3) is 5.91 Å². The molecule has 0 unspecified atom stereocenters. The van der Waals surface area contributed by atoms with Crippen molar-refractivity contribution in [2.24, 2.45) is 0 Å². The van der Waals surface area contributed by atoms with Crippen LogP contribution in [0.5, 0.6) is 0 Å². The number of nitrogens with zero attached hydrogens (tertiary/aromatic N) is 2. The van der Waals surface area contributed by atoms with Crippen molar-refractivity contribution in [3.8, 4) is 0 Å². The molecule has 0 bridgehead atoms. The molecule has 2 aliphatic rings. The molecule has 10 heteroatoms. The Bertz CT molecular complexity index is 1130. The molecule has 2 fully saturated rings. The van der Waals surface area contributed by atoms with Gasteiger partial charge in [0, 0.05) is 43.9 Å². The van der Waals surface area contributed by atoms with E-state index in [1.54, 1.807) is 23.1 Å². The second kappa shape index (κ2) is 9.35. The third-order valence-electron chi connectivity index (χ3n) is 5.51. The maximum Gasteiger partial charge on any atom is 0.255 e. The van der Waals surface area contributed by atoms with E-state index in [2.05, 4.69) is 5.32 Å². The summed E-state index contributed by atoms with van der Waals surface area (Å²) in [5, 5.41) is 2.72. The van der Waals surface area contributed by atoms with Gasteiger partial charge in [-0.05, 0) is 42.3 Å². The Hall–Kier alpha value is -2.82. The standard InChI is InChI=1S/C22H24FN3O5S/c23-19-7-6-17(14-20(19)32(29,30)26-9-11-31-12-10-26)22(28)24-18-4-1-3-16(13-18)15-25-8-2-5-21(25)27/h1,3-4,6-7,13-14H,2,5,8-12,15H2,(H,24,28). The number of ether oxygens (including phenoxy) is 1. The highest BCUT2D eigenvalue weighted by Crippen LogP contribution is 2.23. The molecule has 2 aromatic rings. The fraction of sp³-hybridized carbons (Fsp3) is 0.364. The van der Waals surface area contributed by atoms with Crippen molar-refractivity contribution in [3.05, 3.63) is 59.4 Å². The number of carbonyl (C=O) groups excluding carboxylic acids is 2. The van der Waals surface area contributed by atoms with Crippen LogP contribution in [0.2, 0.25) is 0 Å². The number of nitrogens with one attached hydrogen (secondary N) is 1. The molecular formula is C22H24FN3O5S. The van der Waals surface area contributed by atoms with Crippen molar-refractivity contribution in [2.75, 3.05) is 38.2 Å². The number of sulfonamides is 1. The van der Waals surface area contributed by atoms with Crippen molar-refractivity contribution in [1.82, 2.24) is 9.21 Å². The van der Waals surface area contributed by atoms with Crippen molar-refractivity contribution in [3.63, 3.8) is 0 Å². The Balaban J connectivity index is 1.51. The maximum atomic E-state index is 14.4. The van der Waals surface area contributed by atoms with E-state index in [1.165, 1.54) is 6.07 Å². The van der Waals surface area contributed by atoms with Gasteiger partial charge in [-0.25, -0.2) is 12.8 Å². The minimum atomic E-state index is -4.09. The predicted octanol–water partition coefficient (Wildman–Crippen LogP) is 2.22. The molecule has 2 heterocycles. The first-order valence-corrected chi connectivity index (χ1v) is 11.8. The monoisotopic (exact) mass is 461 g/mol. The fourth-order valence-corrected chi connectivity index (χ4v) is 5.31. The van der Waals surface area contributed by atoms with Crippen LogP contribution in [0.4, 0.5) is 10.1 Å². The lowest BCUT2D eigenvalue weighted by Crippen LogP contribution is -2.41. The second-order valence-electron chi connectivity index (χ2n) is 7.74. The highest BCUT2D eigenvalue weighted by Gasteiger charge is 2.30. The van der Waals surface area contributed by atoms with Gasteiger partial charge in [0.1, 0.15) is 10.7 Å². The number of likely N-dealkylation sites (tertiary alicyclic amines) is 1. The third-order valence-corrected chi connectivity index (χ3v) is 7.42. The zero-order valence-electron chi connectivity index (χ0n) is 17.4. The molecule has 2 amide bonds. The molecule has 2 aliphatic heterocycles. The number of halogens is 1. The predicted molar refractivity (Wildman–Crippen MR) is 115 cm³/mol. The molecule has 0 aromatic heterocycles. The number of morpholine rings is 1. The molecular weight excluding hydrogens is 437 g/mol. The van der Waals surface area contributed by atoms with Crippen LogP contribution in [0.1, 0.15) is 28.8 Å². The maximum absolute atomic E-state index is 14.4. The summed E-state index contributed by atoms with van der Waals surface area (Å²) < 4.78 is 46.4. The first-order chi connectivity index (χ1) is 15.3. The average Bonchev–Trinajstić information content (AvgIpc) is 3.19. The number of hydrogen-bond acceptors (Lipinski definition) is 5. The molecule has 0 aliphatic carbocycles. The molecule has 2 aromatic carbocycles. The fourth-order valence-electron chi connectivity index (χ4n) is 3.81. The molecule has 0 saturated carbocycles. The Kier molecular flexibility index (Phi) is 6.54. The molecule has 170 valence electrons. The van der Waals surface area contributed by atoms with Gasteiger partial charge in [0.2, 0.25) is 15.9 Å². The highest BCUT2D eigenvalue weighted by atomic mass is 32.2. The van der Waals surface area contributed by atoms with E-state index in [-0.39, 0.29) is 37.8 Å². The summed E-state index contributed by atoms with van der Waals surface area (Å²) in [6.45, 7) is 1.90. The van der Waals surface area contributed by atoms with Crippen LogP contribution in [-0.2, 0) is 26.1 Å². The first kappa shape index (κ1) is 22.4. The Morgan fingerprint density at radius 3 is 2.59 bits per heavy atom. The molecule has 2 saturated heterocycles. The van der Waals surface area contributed by atoms with Crippen LogP contribution < -0.4 is 5.32 Å². The summed E-state index contributed by atoms with van der Waals surface area (Å²) in [5.41, 5.74) is 1.40.